The lowest BCUT2D eigenvalue weighted by molar-refractivity contribution is 0.0203. The van der Waals surface area contributed by atoms with Crippen LogP contribution in [0.4, 0.5) is 0 Å². The molecule has 1 saturated heterocycles. The highest BCUT2D eigenvalue weighted by Gasteiger charge is 2.15. The van der Waals surface area contributed by atoms with E-state index in [-0.39, 0.29) is 30.5 Å². The van der Waals surface area contributed by atoms with Gasteiger partial charge in [-0.2, -0.15) is 0 Å². The zero-order chi connectivity index (χ0) is 21.6. The van der Waals surface area contributed by atoms with Crippen LogP contribution in [0, 0.1) is 5.92 Å². The number of hydrogen-bond donors (Lipinski definition) is 3. The van der Waals surface area contributed by atoms with Crippen molar-refractivity contribution in [1.82, 2.24) is 10.6 Å². The van der Waals surface area contributed by atoms with E-state index in [1.807, 2.05) is 6.92 Å². The van der Waals surface area contributed by atoms with Crippen molar-refractivity contribution < 1.29 is 24.1 Å². The van der Waals surface area contributed by atoms with E-state index in [0.717, 1.165) is 52.2 Å². The second kappa shape index (κ2) is 16.3. The standard InChI is InChI=1S/C22H37N3O5.HI/c1-4-23-22(24-10-5-11-30-16-17-8-12-29-13-9-17)25-15-20(26)19-14-18(27-2)6-7-21(19)28-3;/h6-7,14,17,20,26H,4-5,8-13,15-16H2,1-3H3,(H2,23,24,25);1H. The molecule has 0 radical (unpaired) electrons. The SMILES string of the molecule is CCNC(=NCC(O)c1cc(OC)ccc1OC)NCCCOCC1CCOCC1.I. The summed E-state index contributed by atoms with van der Waals surface area (Å²) in [6.45, 7) is 6.94. The van der Waals surface area contributed by atoms with Crippen LogP contribution in [-0.4, -0.2) is 71.3 Å². The molecule has 0 bridgehead atoms. The van der Waals surface area contributed by atoms with Crippen LogP contribution in [0.15, 0.2) is 23.2 Å². The number of benzene rings is 1. The molecule has 31 heavy (non-hydrogen) atoms. The number of aliphatic hydroxyl groups excluding tert-OH is 1. The highest BCUT2D eigenvalue weighted by Crippen LogP contribution is 2.29. The van der Waals surface area contributed by atoms with Crippen molar-refractivity contribution in [3.63, 3.8) is 0 Å². The molecule has 0 saturated carbocycles. The van der Waals surface area contributed by atoms with Gasteiger partial charge in [-0.05, 0) is 50.3 Å². The van der Waals surface area contributed by atoms with E-state index >= 15 is 0 Å². The van der Waals surface area contributed by atoms with E-state index in [4.69, 9.17) is 18.9 Å². The van der Waals surface area contributed by atoms with Crippen molar-refractivity contribution in [3.05, 3.63) is 23.8 Å². The van der Waals surface area contributed by atoms with Crippen LogP contribution in [0.1, 0.15) is 37.9 Å². The number of nitrogens with one attached hydrogen (secondary N) is 2. The lowest BCUT2D eigenvalue weighted by Crippen LogP contribution is -2.38. The lowest BCUT2D eigenvalue weighted by atomic mass is 10.0. The van der Waals surface area contributed by atoms with Crippen molar-refractivity contribution >= 4 is 29.9 Å². The summed E-state index contributed by atoms with van der Waals surface area (Å²) in [7, 11) is 3.17. The van der Waals surface area contributed by atoms with E-state index < -0.39 is 6.10 Å². The second-order valence-electron chi connectivity index (χ2n) is 7.25. The fourth-order valence-corrected chi connectivity index (χ4v) is 3.26. The molecule has 1 aliphatic rings. The molecule has 1 aromatic rings. The van der Waals surface area contributed by atoms with E-state index in [1.54, 1.807) is 32.4 Å². The van der Waals surface area contributed by atoms with Crippen LogP contribution in [0.2, 0.25) is 0 Å². The van der Waals surface area contributed by atoms with Gasteiger partial charge in [0.1, 0.15) is 17.6 Å². The zero-order valence-corrected chi connectivity index (χ0v) is 21.2. The first-order valence-corrected chi connectivity index (χ1v) is 10.8. The Hall–Kier alpha value is -1.30. The average Bonchev–Trinajstić information content (AvgIpc) is 2.79. The van der Waals surface area contributed by atoms with Crippen LogP contribution in [0.25, 0.3) is 0 Å². The maximum absolute atomic E-state index is 10.6. The molecule has 1 aromatic carbocycles. The van der Waals surface area contributed by atoms with Crippen molar-refractivity contribution in [2.75, 3.05) is 60.3 Å². The minimum atomic E-state index is -0.798. The van der Waals surface area contributed by atoms with Gasteiger partial charge in [0.2, 0.25) is 0 Å². The van der Waals surface area contributed by atoms with Crippen molar-refractivity contribution in [1.29, 1.82) is 0 Å². The van der Waals surface area contributed by atoms with E-state index in [9.17, 15) is 5.11 Å². The maximum atomic E-state index is 10.6. The number of aliphatic imine (C=N–C) groups is 1. The summed E-state index contributed by atoms with van der Waals surface area (Å²) in [6.07, 6.45) is 2.28. The van der Waals surface area contributed by atoms with Gasteiger partial charge in [0.05, 0.1) is 20.8 Å². The van der Waals surface area contributed by atoms with Crippen LogP contribution in [-0.2, 0) is 9.47 Å². The Morgan fingerprint density at radius 3 is 2.68 bits per heavy atom. The van der Waals surface area contributed by atoms with E-state index in [0.29, 0.717) is 35.5 Å². The number of halogens is 1. The monoisotopic (exact) mass is 551 g/mol. The smallest absolute Gasteiger partial charge is 0.191 e. The summed E-state index contributed by atoms with van der Waals surface area (Å²) in [4.78, 5) is 4.51. The number of methoxy groups -OCH3 is 2. The molecule has 0 aliphatic carbocycles. The zero-order valence-electron chi connectivity index (χ0n) is 18.9. The Labute approximate surface area is 203 Å². The van der Waals surface area contributed by atoms with Crippen molar-refractivity contribution in [2.24, 2.45) is 10.9 Å². The van der Waals surface area contributed by atoms with Gasteiger partial charge in [0, 0.05) is 45.1 Å². The third-order valence-corrected chi connectivity index (χ3v) is 5.01. The molecule has 9 heteroatoms. The first kappa shape index (κ1) is 27.7. The fraction of sp³-hybridized carbons (Fsp3) is 0.682. The highest BCUT2D eigenvalue weighted by atomic mass is 127. The molecule has 1 atom stereocenters. The Kier molecular flexibility index (Phi) is 14.6. The summed E-state index contributed by atoms with van der Waals surface area (Å²) >= 11 is 0. The normalized spacial score (nSPS) is 15.7. The van der Waals surface area contributed by atoms with Crippen molar-refractivity contribution in [2.45, 2.75) is 32.3 Å². The van der Waals surface area contributed by atoms with Gasteiger partial charge in [-0.1, -0.05) is 0 Å². The number of rotatable bonds is 12. The number of aliphatic hydroxyl groups is 1. The molecule has 1 aliphatic heterocycles. The fourth-order valence-electron chi connectivity index (χ4n) is 3.26. The number of ether oxygens (including phenoxy) is 4. The topological polar surface area (TPSA) is 93.6 Å². The lowest BCUT2D eigenvalue weighted by Gasteiger charge is -2.21. The molecule has 0 amide bonds. The second-order valence-corrected chi connectivity index (χ2v) is 7.25. The summed E-state index contributed by atoms with van der Waals surface area (Å²) in [6, 6.07) is 5.36. The van der Waals surface area contributed by atoms with Crippen LogP contribution in [0.3, 0.4) is 0 Å². The molecular weight excluding hydrogens is 513 g/mol. The van der Waals surface area contributed by atoms with Gasteiger partial charge in [-0.25, -0.2) is 0 Å². The number of hydrogen-bond acceptors (Lipinski definition) is 6. The number of guanidine groups is 1. The Balaban J connectivity index is 0.00000480. The van der Waals surface area contributed by atoms with Gasteiger partial charge in [-0.3, -0.25) is 4.99 Å². The minimum Gasteiger partial charge on any atom is -0.497 e. The quantitative estimate of drug-likeness (QED) is 0.159. The molecule has 0 aromatic heterocycles. The van der Waals surface area contributed by atoms with Gasteiger partial charge in [0.15, 0.2) is 5.96 Å². The largest absolute Gasteiger partial charge is 0.497 e. The van der Waals surface area contributed by atoms with Crippen molar-refractivity contribution in [3.8, 4) is 11.5 Å². The Morgan fingerprint density at radius 1 is 1.23 bits per heavy atom. The summed E-state index contributed by atoms with van der Waals surface area (Å²) in [5.41, 5.74) is 0.651. The third kappa shape index (κ3) is 10.2. The molecule has 8 nitrogen and oxygen atoms in total. The third-order valence-electron chi connectivity index (χ3n) is 5.01. The first-order valence-electron chi connectivity index (χ1n) is 10.8. The van der Waals surface area contributed by atoms with Gasteiger partial charge in [-0.15, -0.1) is 24.0 Å². The van der Waals surface area contributed by atoms with Gasteiger partial charge in [0.25, 0.3) is 0 Å². The maximum Gasteiger partial charge on any atom is 0.191 e. The van der Waals surface area contributed by atoms with Gasteiger partial charge >= 0.3 is 0 Å². The number of nitrogens with zero attached hydrogens (tertiary/aromatic N) is 1. The van der Waals surface area contributed by atoms with Crippen LogP contribution < -0.4 is 20.1 Å². The average molecular weight is 551 g/mol. The molecule has 1 unspecified atom stereocenters. The van der Waals surface area contributed by atoms with Crippen LogP contribution >= 0.6 is 24.0 Å². The summed E-state index contributed by atoms with van der Waals surface area (Å²) in [5.74, 6) is 2.57. The molecule has 3 N–H and O–H groups in total. The molecule has 178 valence electrons. The van der Waals surface area contributed by atoms with E-state index in [1.165, 1.54) is 0 Å². The predicted octanol–water partition coefficient (Wildman–Crippen LogP) is 2.74. The predicted molar refractivity (Wildman–Crippen MR) is 133 cm³/mol. The van der Waals surface area contributed by atoms with E-state index in [2.05, 4.69) is 15.6 Å². The molecule has 1 fully saturated rings. The molecule has 1 heterocycles. The molecular formula is C22H38IN3O5. The summed E-state index contributed by atoms with van der Waals surface area (Å²) in [5, 5.41) is 17.1. The highest BCUT2D eigenvalue weighted by molar-refractivity contribution is 14.0. The minimum absolute atomic E-state index is 0. The summed E-state index contributed by atoms with van der Waals surface area (Å²) < 4.78 is 21.8. The Bertz CT molecular complexity index is 642. The first-order chi connectivity index (χ1) is 14.7. The molecule has 0 spiro atoms. The van der Waals surface area contributed by atoms with Gasteiger partial charge < -0.3 is 34.7 Å². The molecule has 2 rings (SSSR count). The van der Waals surface area contributed by atoms with Crippen LogP contribution in [0.5, 0.6) is 11.5 Å². The Morgan fingerprint density at radius 2 is 2.00 bits per heavy atom.